The third-order valence-corrected chi connectivity index (χ3v) is 4.68. The highest BCUT2D eigenvalue weighted by Crippen LogP contribution is 2.30. The molecule has 3 rings (SSSR count). The van der Waals surface area contributed by atoms with Gasteiger partial charge in [0.15, 0.2) is 0 Å². The molecule has 0 radical (unpaired) electrons. The molecule has 1 aromatic rings. The smallest absolute Gasteiger partial charge is 0.123 e. The molecule has 20 heavy (non-hydrogen) atoms. The second-order valence-electron chi connectivity index (χ2n) is 6.10. The Morgan fingerprint density at radius 2 is 2.10 bits per heavy atom. The van der Waals surface area contributed by atoms with E-state index in [9.17, 15) is 9.50 Å². The van der Waals surface area contributed by atoms with Crippen LogP contribution in [-0.2, 0) is 0 Å². The van der Waals surface area contributed by atoms with E-state index in [1.54, 1.807) is 12.1 Å². The molecule has 0 aliphatic carbocycles. The van der Waals surface area contributed by atoms with Gasteiger partial charge in [-0.1, -0.05) is 12.1 Å². The van der Waals surface area contributed by atoms with Crippen molar-refractivity contribution in [2.24, 2.45) is 5.92 Å². The predicted molar refractivity (Wildman–Crippen MR) is 76.9 cm³/mol. The summed E-state index contributed by atoms with van der Waals surface area (Å²) in [6.07, 6.45) is 2.71. The Balaban J connectivity index is 1.56. The number of halogens is 1. The molecule has 2 aliphatic heterocycles. The molecule has 4 heteroatoms. The average Bonchev–Trinajstić information content (AvgIpc) is 2.48. The maximum atomic E-state index is 12.9. The van der Waals surface area contributed by atoms with Gasteiger partial charge in [0.2, 0.25) is 0 Å². The van der Waals surface area contributed by atoms with Crippen LogP contribution in [0.4, 0.5) is 4.39 Å². The molecule has 2 unspecified atom stereocenters. The van der Waals surface area contributed by atoms with Gasteiger partial charge >= 0.3 is 0 Å². The number of nitrogens with zero attached hydrogens (tertiary/aromatic N) is 1. The van der Waals surface area contributed by atoms with Crippen LogP contribution in [0.5, 0.6) is 0 Å². The van der Waals surface area contributed by atoms with Crippen LogP contribution < -0.4 is 5.32 Å². The van der Waals surface area contributed by atoms with Crippen LogP contribution in [-0.4, -0.2) is 42.2 Å². The highest BCUT2D eigenvalue weighted by atomic mass is 19.1. The Bertz CT molecular complexity index is 437. The lowest BCUT2D eigenvalue weighted by molar-refractivity contribution is 0.0560. The second-order valence-corrected chi connectivity index (χ2v) is 6.10. The van der Waals surface area contributed by atoms with E-state index in [1.807, 2.05) is 0 Å². The first kappa shape index (κ1) is 14.0. The van der Waals surface area contributed by atoms with Crippen molar-refractivity contribution in [1.29, 1.82) is 0 Å². The van der Waals surface area contributed by atoms with Crippen molar-refractivity contribution in [2.75, 3.05) is 26.2 Å². The van der Waals surface area contributed by atoms with Gasteiger partial charge in [0, 0.05) is 32.2 Å². The lowest BCUT2D eigenvalue weighted by Gasteiger charge is -2.43. The van der Waals surface area contributed by atoms with Gasteiger partial charge in [0.1, 0.15) is 5.82 Å². The first-order valence-electron chi connectivity index (χ1n) is 7.60. The summed E-state index contributed by atoms with van der Waals surface area (Å²) >= 11 is 0. The van der Waals surface area contributed by atoms with Gasteiger partial charge in [-0.15, -0.1) is 0 Å². The average molecular weight is 278 g/mol. The maximum Gasteiger partial charge on any atom is 0.123 e. The molecule has 0 saturated carbocycles. The molecule has 0 bridgehead atoms. The second kappa shape index (κ2) is 6.20. The Morgan fingerprint density at radius 1 is 1.30 bits per heavy atom. The summed E-state index contributed by atoms with van der Waals surface area (Å²) in [6, 6.07) is 6.91. The van der Waals surface area contributed by atoms with Gasteiger partial charge in [0.25, 0.3) is 0 Å². The molecule has 2 aliphatic rings. The monoisotopic (exact) mass is 278 g/mol. The van der Waals surface area contributed by atoms with Crippen LogP contribution in [0, 0.1) is 11.7 Å². The summed E-state index contributed by atoms with van der Waals surface area (Å²) in [6.45, 7) is 4.38. The number of hydrogen-bond donors (Lipinski definition) is 2. The zero-order valence-electron chi connectivity index (χ0n) is 11.8. The van der Waals surface area contributed by atoms with E-state index in [4.69, 9.17) is 0 Å². The van der Waals surface area contributed by atoms with Gasteiger partial charge in [-0.25, -0.2) is 4.39 Å². The summed E-state index contributed by atoms with van der Waals surface area (Å²) in [5.74, 6) is 0.298. The molecular weight excluding hydrogens is 255 g/mol. The number of aliphatic hydroxyl groups is 1. The molecule has 110 valence electrons. The van der Waals surface area contributed by atoms with Gasteiger partial charge in [-0.2, -0.15) is 0 Å². The minimum atomic E-state index is -0.472. The van der Waals surface area contributed by atoms with Gasteiger partial charge in [-0.3, -0.25) is 4.90 Å². The number of piperidine rings is 1. The highest BCUT2D eigenvalue weighted by molar-refractivity contribution is 5.18. The molecular formula is C16H23FN2O. The van der Waals surface area contributed by atoms with Crippen LogP contribution in [0.2, 0.25) is 0 Å². The number of benzene rings is 1. The van der Waals surface area contributed by atoms with Crippen LogP contribution in [0.3, 0.4) is 0 Å². The fraction of sp³-hybridized carbons (Fsp3) is 0.625. The fourth-order valence-corrected chi connectivity index (χ4v) is 3.51. The van der Waals surface area contributed by atoms with E-state index >= 15 is 0 Å². The number of aliphatic hydroxyl groups excluding tert-OH is 1. The van der Waals surface area contributed by atoms with Crippen molar-refractivity contribution >= 4 is 0 Å². The van der Waals surface area contributed by atoms with E-state index in [1.165, 1.54) is 25.0 Å². The van der Waals surface area contributed by atoms with E-state index in [0.29, 0.717) is 12.0 Å². The molecule has 3 nitrogen and oxygen atoms in total. The summed E-state index contributed by atoms with van der Waals surface area (Å²) in [5.41, 5.74) is 0.828. The van der Waals surface area contributed by atoms with Crippen molar-refractivity contribution in [3.8, 4) is 0 Å². The topological polar surface area (TPSA) is 35.5 Å². The Hall–Kier alpha value is -0.970. The standard InChI is InChI=1S/C16H23FN2O/c17-14-4-2-13(3-5-14)16(20)9-12-1-6-15-10-18-7-8-19(15)11-12/h2-5,12,15-16,18,20H,1,6-11H2/t12-,15?,16?/m0/s1. The summed E-state index contributed by atoms with van der Waals surface area (Å²) in [5, 5.41) is 13.8. The van der Waals surface area contributed by atoms with E-state index in [0.717, 1.165) is 38.2 Å². The maximum absolute atomic E-state index is 12.9. The molecule has 0 aromatic heterocycles. The van der Waals surface area contributed by atoms with E-state index in [-0.39, 0.29) is 5.82 Å². The normalized spacial score (nSPS) is 28.9. The summed E-state index contributed by atoms with van der Waals surface area (Å²) in [4.78, 5) is 2.56. The lowest BCUT2D eigenvalue weighted by atomic mass is 9.86. The first-order chi connectivity index (χ1) is 9.72. The third-order valence-electron chi connectivity index (χ3n) is 4.68. The number of nitrogens with one attached hydrogen (secondary N) is 1. The lowest BCUT2D eigenvalue weighted by Crippen LogP contribution is -2.55. The quantitative estimate of drug-likeness (QED) is 0.887. The zero-order chi connectivity index (χ0) is 13.9. The predicted octanol–water partition coefficient (Wildman–Crippen LogP) is 1.93. The van der Waals surface area contributed by atoms with Crippen molar-refractivity contribution in [2.45, 2.75) is 31.4 Å². The van der Waals surface area contributed by atoms with Crippen LogP contribution in [0.15, 0.2) is 24.3 Å². The van der Waals surface area contributed by atoms with E-state index < -0.39 is 6.10 Å². The summed E-state index contributed by atoms with van der Waals surface area (Å²) in [7, 11) is 0. The molecule has 2 saturated heterocycles. The summed E-state index contributed by atoms with van der Waals surface area (Å²) < 4.78 is 12.9. The minimum absolute atomic E-state index is 0.248. The highest BCUT2D eigenvalue weighted by Gasteiger charge is 2.30. The van der Waals surface area contributed by atoms with Crippen LogP contribution in [0.1, 0.15) is 30.9 Å². The van der Waals surface area contributed by atoms with Crippen LogP contribution in [0.25, 0.3) is 0 Å². The van der Waals surface area contributed by atoms with Gasteiger partial charge < -0.3 is 10.4 Å². The van der Waals surface area contributed by atoms with Crippen molar-refractivity contribution in [3.05, 3.63) is 35.6 Å². The largest absolute Gasteiger partial charge is 0.388 e. The number of hydrogen-bond acceptors (Lipinski definition) is 3. The molecule has 0 spiro atoms. The fourth-order valence-electron chi connectivity index (χ4n) is 3.51. The Morgan fingerprint density at radius 3 is 2.90 bits per heavy atom. The zero-order valence-corrected chi connectivity index (χ0v) is 11.8. The minimum Gasteiger partial charge on any atom is -0.388 e. The number of fused-ring (bicyclic) bond motifs is 1. The number of rotatable bonds is 3. The van der Waals surface area contributed by atoms with Crippen LogP contribution >= 0.6 is 0 Å². The van der Waals surface area contributed by atoms with E-state index in [2.05, 4.69) is 10.2 Å². The Labute approximate surface area is 119 Å². The molecule has 1 aromatic carbocycles. The third kappa shape index (κ3) is 3.19. The number of piperazine rings is 1. The van der Waals surface area contributed by atoms with Crippen molar-refractivity contribution in [1.82, 2.24) is 10.2 Å². The first-order valence-corrected chi connectivity index (χ1v) is 7.60. The van der Waals surface area contributed by atoms with Crippen molar-refractivity contribution < 1.29 is 9.50 Å². The molecule has 2 N–H and O–H groups in total. The van der Waals surface area contributed by atoms with Gasteiger partial charge in [-0.05, 0) is 42.9 Å². The SMILES string of the molecule is OC(C[C@@H]1CCC2CNCCN2C1)c1ccc(F)cc1. The molecule has 2 fully saturated rings. The van der Waals surface area contributed by atoms with Gasteiger partial charge in [0.05, 0.1) is 6.10 Å². The Kier molecular flexibility index (Phi) is 4.34. The van der Waals surface area contributed by atoms with Crippen molar-refractivity contribution in [3.63, 3.8) is 0 Å². The molecule has 2 heterocycles. The molecule has 0 amide bonds. The molecule has 3 atom stereocenters.